The number of halogens is 1. The summed E-state index contributed by atoms with van der Waals surface area (Å²) in [5.74, 6) is 0.553. The molecule has 0 fully saturated rings. The Balaban J connectivity index is 1.36. The van der Waals surface area contributed by atoms with E-state index in [4.69, 9.17) is 21.4 Å². The molecule has 0 N–H and O–H groups in total. The van der Waals surface area contributed by atoms with Crippen molar-refractivity contribution in [2.45, 2.75) is 18.7 Å². The number of ketones is 1. The van der Waals surface area contributed by atoms with Crippen LogP contribution in [-0.4, -0.2) is 22.7 Å². The summed E-state index contributed by atoms with van der Waals surface area (Å²) in [6.07, 6.45) is -0.167. The highest BCUT2D eigenvalue weighted by Crippen LogP contribution is 2.44. The summed E-state index contributed by atoms with van der Waals surface area (Å²) in [5.41, 5.74) is 5.68. The monoisotopic (exact) mass is 464 g/mol. The number of benzene rings is 4. The Kier molecular flexibility index (Phi) is 5.16. The molecule has 34 heavy (non-hydrogen) atoms. The van der Waals surface area contributed by atoms with E-state index in [9.17, 15) is 4.79 Å². The number of hydrogen-bond acceptors (Lipinski definition) is 4. The van der Waals surface area contributed by atoms with Crippen LogP contribution in [0, 0.1) is 0 Å². The third-order valence-corrected chi connectivity index (χ3v) is 6.59. The Hall–Kier alpha value is -3.89. The number of ether oxygens (including phenoxy) is 1. The molecule has 4 aromatic rings. The smallest absolute Gasteiger partial charge is 0.251 e. The minimum absolute atomic E-state index is 0.116. The van der Waals surface area contributed by atoms with E-state index in [-0.39, 0.29) is 11.8 Å². The SMILES string of the molecule is O=C(c1ccc(-c2ccccc2)cc1)[C@H]1Oc2ccc(Cl)cc2[C@H]2CC(c3ccccc3)=NN12. The molecule has 2 aliphatic rings. The first kappa shape index (κ1) is 20.7. The maximum absolute atomic E-state index is 13.6. The quantitative estimate of drug-likeness (QED) is 0.313. The van der Waals surface area contributed by atoms with Crippen molar-refractivity contribution in [1.82, 2.24) is 5.01 Å². The molecule has 0 aromatic heterocycles. The topological polar surface area (TPSA) is 41.9 Å². The molecule has 0 amide bonds. The molecule has 2 heterocycles. The van der Waals surface area contributed by atoms with E-state index in [1.165, 1.54) is 0 Å². The van der Waals surface area contributed by atoms with Crippen molar-refractivity contribution >= 4 is 23.1 Å². The minimum atomic E-state index is -0.845. The number of hydrazone groups is 1. The van der Waals surface area contributed by atoms with E-state index in [0.29, 0.717) is 22.8 Å². The lowest BCUT2D eigenvalue weighted by atomic mass is 9.95. The molecule has 6 rings (SSSR count). The van der Waals surface area contributed by atoms with Gasteiger partial charge in [-0.05, 0) is 34.9 Å². The molecule has 2 atom stereocenters. The zero-order valence-corrected chi connectivity index (χ0v) is 19.0. The lowest BCUT2D eigenvalue weighted by molar-refractivity contribution is -0.00454. The second-order valence-corrected chi connectivity index (χ2v) is 8.91. The summed E-state index contributed by atoms with van der Waals surface area (Å²) in [7, 11) is 0. The first-order chi connectivity index (χ1) is 16.7. The van der Waals surface area contributed by atoms with Crippen LogP contribution in [0.1, 0.15) is 33.9 Å². The summed E-state index contributed by atoms with van der Waals surface area (Å²) in [4.78, 5) is 13.6. The van der Waals surface area contributed by atoms with Crippen molar-refractivity contribution in [2.24, 2.45) is 5.10 Å². The van der Waals surface area contributed by atoms with Crippen molar-refractivity contribution in [1.29, 1.82) is 0 Å². The Labute approximate surface area is 203 Å². The van der Waals surface area contributed by atoms with Crippen molar-refractivity contribution in [3.8, 4) is 16.9 Å². The number of fused-ring (bicyclic) bond motifs is 3. The summed E-state index contributed by atoms with van der Waals surface area (Å²) >= 11 is 6.30. The molecule has 2 aliphatic heterocycles. The zero-order chi connectivity index (χ0) is 23.1. The van der Waals surface area contributed by atoms with Crippen LogP contribution in [0.25, 0.3) is 11.1 Å². The van der Waals surface area contributed by atoms with Gasteiger partial charge in [-0.15, -0.1) is 0 Å². The Bertz CT molecular complexity index is 1390. The van der Waals surface area contributed by atoms with Crippen LogP contribution in [-0.2, 0) is 0 Å². The van der Waals surface area contributed by atoms with Gasteiger partial charge in [-0.25, -0.2) is 5.01 Å². The second kappa shape index (κ2) is 8.47. The summed E-state index contributed by atoms with van der Waals surface area (Å²) in [6, 6.07) is 33.2. The van der Waals surface area contributed by atoms with Gasteiger partial charge < -0.3 is 4.74 Å². The van der Waals surface area contributed by atoms with Gasteiger partial charge in [0.15, 0.2) is 0 Å². The molecule has 0 spiro atoms. The summed E-state index contributed by atoms with van der Waals surface area (Å²) < 4.78 is 6.23. The van der Waals surface area contributed by atoms with Crippen molar-refractivity contribution in [3.63, 3.8) is 0 Å². The maximum atomic E-state index is 13.6. The predicted octanol–water partition coefficient (Wildman–Crippen LogP) is 6.76. The number of Topliss-reactive ketones (excluding diaryl/α,β-unsaturated/α-hetero) is 1. The average Bonchev–Trinajstić information content (AvgIpc) is 3.35. The van der Waals surface area contributed by atoms with Crippen LogP contribution in [0.3, 0.4) is 0 Å². The molecule has 4 nitrogen and oxygen atoms in total. The molecule has 0 radical (unpaired) electrons. The number of rotatable bonds is 4. The van der Waals surface area contributed by atoms with E-state index in [1.807, 2.05) is 84.9 Å². The molecule has 0 saturated carbocycles. The number of carbonyl (C=O) groups is 1. The molecule has 166 valence electrons. The molecule has 0 bridgehead atoms. The molecule has 4 aromatic carbocycles. The predicted molar refractivity (Wildman–Crippen MR) is 134 cm³/mol. The fourth-order valence-corrected chi connectivity index (χ4v) is 4.82. The van der Waals surface area contributed by atoms with Gasteiger partial charge in [0.05, 0.1) is 11.8 Å². The van der Waals surface area contributed by atoms with Crippen LogP contribution in [0.15, 0.2) is 108 Å². The highest BCUT2D eigenvalue weighted by Gasteiger charge is 2.43. The van der Waals surface area contributed by atoms with Crippen molar-refractivity contribution < 1.29 is 9.53 Å². The summed E-state index contributed by atoms with van der Waals surface area (Å²) in [5, 5.41) is 7.30. The van der Waals surface area contributed by atoms with Gasteiger partial charge in [-0.1, -0.05) is 96.5 Å². The first-order valence-electron chi connectivity index (χ1n) is 11.2. The van der Waals surface area contributed by atoms with Gasteiger partial charge in [0.1, 0.15) is 5.75 Å². The highest BCUT2D eigenvalue weighted by atomic mass is 35.5. The van der Waals surface area contributed by atoms with Gasteiger partial charge in [0.25, 0.3) is 6.23 Å². The fourth-order valence-electron chi connectivity index (χ4n) is 4.64. The third-order valence-electron chi connectivity index (χ3n) is 6.36. The first-order valence-corrected chi connectivity index (χ1v) is 11.6. The zero-order valence-electron chi connectivity index (χ0n) is 18.3. The number of carbonyl (C=O) groups excluding carboxylic acids is 1. The minimum Gasteiger partial charge on any atom is -0.461 e. The molecular weight excluding hydrogens is 444 g/mol. The average molecular weight is 465 g/mol. The van der Waals surface area contributed by atoms with Crippen molar-refractivity contribution in [3.05, 3.63) is 125 Å². The van der Waals surface area contributed by atoms with E-state index in [0.717, 1.165) is 28.0 Å². The van der Waals surface area contributed by atoms with Gasteiger partial charge in [0.2, 0.25) is 5.78 Å². The van der Waals surface area contributed by atoms with Crippen LogP contribution < -0.4 is 4.74 Å². The standard InChI is InChI=1S/C29H21ClN2O2/c30-23-15-16-27-24(17-23)26-18-25(21-9-5-2-6-10-21)31-32(26)29(34-27)28(33)22-13-11-20(12-14-22)19-7-3-1-4-8-19/h1-17,26,29H,18H2/t26-,29-/m1/s1. The van der Waals surface area contributed by atoms with Gasteiger partial charge >= 0.3 is 0 Å². The van der Waals surface area contributed by atoms with Crippen LogP contribution >= 0.6 is 11.6 Å². The fraction of sp³-hybridized carbons (Fsp3) is 0.103. The second-order valence-electron chi connectivity index (χ2n) is 8.47. The number of nitrogens with zero attached hydrogens (tertiary/aromatic N) is 2. The Morgan fingerprint density at radius 3 is 2.18 bits per heavy atom. The van der Waals surface area contributed by atoms with E-state index < -0.39 is 6.23 Å². The van der Waals surface area contributed by atoms with Crippen LogP contribution in [0.5, 0.6) is 5.75 Å². The Morgan fingerprint density at radius 1 is 0.824 bits per heavy atom. The van der Waals surface area contributed by atoms with E-state index in [2.05, 4.69) is 12.1 Å². The third kappa shape index (κ3) is 3.66. The van der Waals surface area contributed by atoms with Crippen LogP contribution in [0.2, 0.25) is 5.02 Å². The highest BCUT2D eigenvalue weighted by molar-refractivity contribution is 6.30. The van der Waals surface area contributed by atoms with Gasteiger partial charge in [0, 0.05) is 22.6 Å². The summed E-state index contributed by atoms with van der Waals surface area (Å²) in [6.45, 7) is 0. The lowest BCUT2D eigenvalue weighted by Crippen LogP contribution is -2.45. The van der Waals surface area contributed by atoms with Crippen molar-refractivity contribution in [2.75, 3.05) is 0 Å². The lowest BCUT2D eigenvalue weighted by Gasteiger charge is -2.37. The molecule has 0 saturated heterocycles. The normalized spacial score (nSPS) is 18.5. The maximum Gasteiger partial charge on any atom is 0.251 e. The molecule has 5 heteroatoms. The Morgan fingerprint density at radius 2 is 1.47 bits per heavy atom. The van der Waals surface area contributed by atoms with Crippen LogP contribution in [0.4, 0.5) is 0 Å². The van der Waals surface area contributed by atoms with Gasteiger partial charge in [-0.2, -0.15) is 5.10 Å². The van der Waals surface area contributed by atoms with E-state index >= 15 is 0 Å². The molecule has 0 aliphatic carbocycles. The van der Waals surface area contributed by atoms with Gasteiger partial charge in [-0.3, -0.25) is 4.79 Å². The molecular formula is C29H21ClN2O2. The van der Waals surface area contributed by atoms with E-state index in [1.54, 1.807) is 11.1 Å². The number of hydrogen-bond donors (Lipinski definition) is 0. The molecule has 0 unspecified atom stereocenters. The largest absolute Gasteiger partial charge is 0.461 e.